The van der Waals surface area contributed by atoms with Gasteiger partial charge in [0.05, 0.1) is 17.9 Å². The molecule has 2 aliphatic rings. The van der Waals surface area contributed by atoms with Gasteiger partial charge in [0.15, 0.2) is 0 Å². The maximum Gasteiger partial charge on any atom is 0.217 e. The molecule has 3 aromatic rings. The number of phenols is 1. The van der Waals surface area contributed by atoms with E-state index >= 15 is 0 Å². The van der Waals surface area contributed by atoms with Crippen LogP contribution in [0, 0.1) is 0 Å². The van der Waals surface area contributed by atoms with Crippen LogP contribution in [0.2, 0.25) is 10.0 Å². The minimum atomic E-state index is -0.616. The number of fused-ring (bicyclic) bond motifs is 3. The molecular formula is C20H14Cl2N2O3. The van der Waals surface area contributed by atoms with Gasteiger partial charge in [0, 0.05) is 22.0 Å². The van der Waals surface area contributed by atoms with Crippen LogP contribution >= 0.6 is 23.2 Å². The fourth-order valence-electron chi connectivity index (χ4n) is 3.58. The van der Waals surface area contributed by atoms with Crippen molar-refractivity contribution in [3.8, 4) is 11.5 Å². The maximum atomic E-state index is 10.4. The third kappa shape index (κ3) is 2.74. The molecule has 0 unspecified atom stereocenters. The first-order valence-corrected chi connectivity index (χ1v) is 9.20. The van der Waals surface area contributed by atoms with Crippen molar-refractivity contribution < 1.29 is 14.3 Å². The van der Waals surface area contributed by atoms with Crippen molar-refractivity contribution in [1.82, 2.24) is 5.01 Å². The molecule has 2 aliphatic heterocycles. The summed E-state index contributed by atoms with van der Waals surface area (Å²) in [6, 6.07) is 14.0. The Bertz CT molecular complexity index is 1050. The van der Waals surface area contributed by atoms with E-state index in [-0.39, 0.29) is 11.8 Å². The minimum absolute atomic E-state index is 0.0871. The summed E-state index contributed by atoms with van der Waals surface area (Å²) in [4.78, 5) is 0. The van der Waals surface area contributed by atoms with Crippen molar-refractivity contribution in [2.24, 2.45) is 5.10 Å². The summed E-state index contributed by atoms with van der Waals surface area (Å²) in [6.45, 7) is 0. The molecule has 136 valence electrons. The minimum Gasteiger partial charge on any atom is -0.507 e. The summed E-state index contributed by atoms with van der Waals surface area (Å²) in [7, 11) is 0. The number of halogens is 2. The Labute approximate surface area is 165 Å². The second-order valence-corrected chi connectivity index (χ2v) is 7.35. The van der Waals surface area contributed by atoms with Gasteiger partial charge in [-0.25, -0.2) is 5.01 Å². The Morgan fingerprint density at radius 3 is 2.59 bits per heavy atom. The number of furan rings is 1. The molecule has 7 heteroatoms. The third-order valence-electron chi connectivity index (χ3n) is 4.81. The highest BCUT2D eigenvalue weighted by Gasteiger charge is 2.42. The van der Waals surface area contributed by atoms with Crippen LogP contribution in [-0.4, -0.2) is 15.8 Å². The van der Waals surface area contributed by atoms with Gasteiger partial charge in [-0.2, -0.15) is 5.10 Å². The lowest BCUT2D eigenvalue weighted by molar-refractivity contribution is -0.0203. The fourth-order valence-corrected chi connectivity index (χ4v) is 3.94. The van der Waals surface area contributed by atoms with E-state index in [2.05, 4.69) is 0 Å². The largest absolute Gasteiger partial charge is 0.507 e. The molecule has 0 aliphatic carbocycles. The molecular weight excluding hydrogens is 387 g/mol. The first kappa shape index (κ1) is 16.5. The van der Waals surface area contributed by atoms with Crippen molar-refractivity contribution >= 4 is 28.9 Å². The van der Waals surface area contributed by atoms with Gasteiger partial charge in [0.1, 0.15) is 23.0 Å². The van der Waals surface area contributed by atoms with E-state index in [1.807, 2.05) is 29.3 Å². The molecule has 2 aromatic carbocycles. The number of nitrogens with zero attached hydrogens (tertiary/aromatic N) is 2. The van der Waals surface area contributed by atoms with E-state index in [9.17, 15) is 5.11 Å². The highest BCUT2D eigenvalue weighted by Crippen LogP contribution is 2.49. The number of ether oxygens (including phenoxy) is 1. The topological polar surface area (TPSA) is 58.2 Å². The Hall–Kier alpha value is -2.63. The molecule has 3 heterocycles. The van der Waals surface area contributed by atoms with Crippen LogP contribution in [0.4, 0.5) is 0 Å². The van der Waals surface area contributed by atoms with E-state index in [0.29, 0.717) is 33.5 Å². The number of aromatic hydroxyl groups is 1. The lowest BCUT2D eigenvalue weighted by Gasteiger charge is -2.38. The van der Waals surface area contributed by atoms with Gasteiger partial charge in [-0.05, 0) is 48.5 Å². The van der Waals surface area contributed by atoms with E-state index in [0.717, 1.165) is 11.3 Å². The average Bonchev–Trinajstić information content (AvgIpc) is 3.32. The summed E-state index contributed by atoms with van der Waals surface area (Å²) in [5, 5.41) is 18.1. The van der Waals surface area contributed by atoms with Crippen LogP contribution in [0.3, 0.4) is 0 Å². The van der Waals surface area contributed by atoms with Crippen molar-refractivity contribution in [1.29, 1.82) is 0 Å². The predicted molar refractivity (Wildman–Crippen MR) is 102 cm³/mol. The normalized spacial score (nSPS) is 20.7. The van der Waals surface area contributed by atoms with Gasteiger partial charge >= 0.3 is 0 Å². The zero-order chi connectivity index (χ0) is 18.5. The second kappa shape index (κ2) is 6.22. The number of hydrogen-bond acceptors (Lipinski definition) is 5. The van der Waals surface area contributed by atoms with Crippen LogP contribution in [0.25, 0.3) is 0 Å². The van der Waals surface area contributed by atoms with Crippen molar-refractivity contribution in [3.05, 3.63) is 81.7 Å². The van der Waals surface area contributed by atoms with Crippen LogP contribution in [-0.2, 0) is 0 Å². The molecule has 0 saturated carbocycles. The number of hydrogen-bond donors (Lipinski definition) is 1. The Kier molecular flexibility index (Phi) is 3.81. The second-order valence-electron chi connectivity index (χ2n) is 6.48. The predicted octanol–water partition coefficient (Wildman–Crippen LogP) is 5.53. The molecule has 27 heavy (non-hydrogen) atoms. The monoisotopic (exact) mass is 400 g/mol. The molecule has 1 aromatic heterocycles. The summed E-state index contributed by atoms with van der Waals surface area (Å²) in [6.07, 6.45) is 1.65. The number of hydrazone groups is 1. The van der Waals surface area contributed by atoms with Crippen molar-refractivity contribution in [2.75, 3.05) is 0 Å². The van der Waals surface area contributed by atoms with Gasteiger partial charge in [0.25, 0.3) is 0 Å². The summed E-state index contributed by atoms with van der Waals surface area (Å²) >= 11 is 12.4. The highest BCUT2D eigenvalue weighted by molar-refractivity contribution is 6.31. The molecule has 5 nitrogen and oxygen atoms in total. The van der Waals surface area contributed by atoms with Gasteiger partial charge in [-0.3, -0.25) is 0 Å². The Morgan fingerprint density at radius 1 is 1.04 bits per heavy atom. The fraction of sp³-hybridized carbons (Fsp3) is 0.150. The molecule has 0 fully saturated rings. The van der Waals surface area contributed by atoms with E-state index in [1.165, 1.54) is 0 Å². The Balaban J connectivity index is 1.65. The zero-order valence-corrected chi connectivity index (χ0v) is 15.5. The van der Waals surface area contributed by atoms with E-state index in [1.54, 1.807) is 30.5 Å². The summed E-state index contributed by atoms with van der Waals surface area (Å²) in [5.74, 6) is 1.52. The molecule has 0 radical (unpaired) electrons. The molecule has 0 saturated heterocycles. The zero-order valence-electron chi connectivity index (χ0n) is 14.0. The molecule has 5 rings (SSSR count). The maximum absolute atomic E-state index is 10.4. The summed E-state index contributed by atoms with van der Waals surface area (Å²) < 4.78 is 11.7. The Morgan fingerprint density at radius 2 is 1.81 bits per heavy atom. The highest BCUT2D eigenvalue weighted by atomic mass is 35.5. The molecule has 0 spiro atoms. The number of phenolic OH excluding ortho intramolecular Hbond substituents is 1. The third-order valence-corrected chi connectivity index (χ3v) is 5.28. The van der Waals surface area contributed by atoms with Crippen LogP contribution < -0.4 is 4.74 Å². The smallest absolute Gasteiger partial charge is 0.217 e. The van der Waals surface area contributed by atoms with Gasteiger partial charge in [-0.1, -0.05) is 23.2 Å². The quantitative estimate of drug-likeness (QED) is 0.613. The van der Waals surface area contributed by atoms with Crippen LogP contribution in [0.5, 0.6) is 11.5 Å². The molecule has 1 N–H and O–H groups in total. The van der Waals surface area contributed by atoms with E-state index < -0.39 is 6.23 Å². The van der Waals surface area contributed by atoms with E-state index in [4.69, 9.17) is 37.5 Å². The first-order valence-electron chi connectivity index (χ1n) is 8.44. The molecule has 2 atom stereocenters. The van der Waals surface area contributed by atoms with Crippen LogP contribution in [0.15, 0.2) is 64.3 Å². The van der Waals surface area contributed by atoms with Gasteiger partial charge in [-0.15, -0.1) is 0 Å². The molecule has 0 amide bonds. The first-order chi connectivity index (χ1) is 13.1. The SMILES string of the molecule is Oc1ccc(Cl)cc1[C@@H]1Oc2ccc(Cl)cc2[C@H]2CC(c3ccco3)=NN21. The van der Waals surface area contributed by atoms with Gasteiger partial charge < -0.3 is 14.3 Å². The van der Waals surface area contributed by atoms with Crippen molar-refractivity contribution in [2.45, 2.75) is 18.7 Å². The number of rotatable bonds is 2. The standard InChI is InChI=1S/C20H14Cl2N2O3/c21-11-3-5-17(25)14(9-11)20-24-16(10-15(23-24)19-2-1-7-26-19)13-8-12(22)4-6-18(13)27-20/h1-9,16,20,25H,10H2/t16-,20+/m1/s1. The number of benzene rings is 2. The average molecular weight is 401 g/mol. The van der Waals surface area contributed by atoms with Crippen LogP contribution in [0.1, 0.15) is 35.6 Å². The summed E-state index contributed by atoms with van der Waals surface area (Å²) in [5.41, 5.74) is 2.32. The van der Waals surface area contributed by atoms with Crippen molar-refractivity contribution in [3.63, 3.8) is 0 Å². The lowest BCUT2D eigenvalue weighted by Crippen LogP contribution is -2.33. The molecule has 0 bridgehead atoms. The van der Waals surface area contributed by atoms with Gasteiger partial charge in [0.2, 0.25) is 6.23 Å². The lowest BCUT2D eigenvalue weighted by atomic mass is 9.97.